The van der Waals surface area contributed by atoms with E-state index in [0.29, 0.717) is 11.3 Å². The average Bonchev–Trinajstić information content (AvgIpc) is 2.86. The third-order valence-electron chi connectivity index (χ3n) is 4.90. The van der Waals surface area contributed by atoms with Crippen molar-refractivity contribution >= 4 is 34.8 Å². The number of carbonyl (C=O) groups is 2. The lowest BCUT2D eigenvalue weighted by atomic mass is 10.0. The second-order valence-electron chi connectivity index (χ2n) is 7.11. The van der Waals surface area contributed by atoms with Gasteiger partial charge in [0.1, 0.15) is 29.6 Å². The van der Waals surface area contributed by atoms with Gasteiger partial charge in [0.25, 0.3) is 5.91 Å². The van der Waals surface area contributed by atoms with E-state index in [4.69, 9.17) is 22.1 Å². The molecule has 0 radical (unpaired) electrons. The van der Waals surface area contributed by atoms with Gasteiger partial charge >= 0.3 is 0 Å². The number of nitrogens with two attached hydrogens (primary N) is 2. The van der Waals surface area contributed by atoms with Crippen LogP contribution in [-0.4, -0.2) is 40.6 Å². The van der Waals surface area contributed by atoms with Crippen molar-refractivity contribution in [2.45, 2.75) is 0 Å². The number of benzene rings is 2. The minimum absolute atomic E-state index is 0.00227. The van der Waals surface area contributed by atoms with E-state index in [1.54, 1.807) is 48.5 Å². The highest BCUT2D eigenvalue weighted by Crippen LogP contribution is 2.22. The monoisotopic (exact) mass is 454 g/mol. The number of amides is 2. The molecule has 1 heterocycles. The lowest BCUT2D eigenvalue weighted by molar-refractivity contribution is -0.114. The van der Waals surface area contributed by atoms with Gasteiger partial charge in [-0.25, -0.2) is 9.97 Å². The molecule has 10 nitrogen and oxygen atoms in total. The van der Waals surface area contributed by atoms with E-state index >= 15 is 0 Å². The zero-order valence-corrected chi connectivity index (χ0v) is 18.2. The summed E-state index contributed by atoms with van der Waals surface area (Å²) >= 11 is 0. The van der Waals surface area contributed by atoms with E-state index in [9.17, 15) is 9.59 Å². The Balaban J connectivity index is 1.84. The maximum atomic E-state index is 12.7. The highest BCUT2D eigenvalue weighted by molar-refractivity contribution is 6.16. The van der Waals surface area contributed by atoms with Gasteiger partial charge in [0, 0.05) is 29.9 Å². The van der Waals surface area contributed by atoms with Crippen molar-refractivity contribution in [1.29, 1.82) is 10.7 Å². The van der Waals surface area contributed by atoms with Gasteiger partial charge in [-0.15, -0.1) is 0 Å². The molecule has 0 saturated carbocycles. The van der Waals surface area contributed by atoms with E-state index < -0.39 is 11.8 Å². The standard InChI is InChI=1S/C24H22N8O2/c1-15(13-25)24(34)32(18-8-3-2-4-9-18)11-10-29-23-19(21(27)30-14-31-23)20(26)16-6-5-7-17(12-16)22(28)33/h2-9,12,14,26H,1,10-11H2,(H2,28,33)(H3,27,29,30,31). The molecule has 2 aromatic carbocycles. The maximum absolute atomic E-state index is 12.7. The van der Waals surface area contributed by atoms with E-state index in [0.717, 1.165) is 0 Å². The van der Waals surface area contributed by atoms with Crippen molar-refractivity contribution in [3.05, 3.63) is 89.8 Å². The normalized spacial score (nSPS) is 10.1. The SMILES string of the molecule is C=C(C#N)C(=O)N(CCNc1ncnc(N)c1C(=N)c1cccc(C(N)=O)c1)c1ccccc1. The summed E-state index contributed by atoms with van der Waals surface area (Å²) in [5.74, 6) is -0.786. The largest absolute Gasteiger partial charge is 0.383 e. The van der Waals surface area contributed by atoms with Gasteiger partial charge in [-0.3, -0.25) is 15.0 Å². The number of anilines is 3. The number of nitrogen functional groups attached to an aromatic ring is 1. The molecule has 0 aliphatic heterocycles. The summed E-state index contributed by atoms with van der Waals surface area (Å²) in [5.41, 5.74) is 12.7. The van der Waals surface area contributed by atoms with Crippen LogP contribution in [0.25, 0.3) is 0 Å². The summed E-state index contributed by atoms with van der Waals surface area (Å²) in [6, 6.07) is 17.0. The minimum Gasteiger partial charge on any atom is -0.383 e. The average molecular weight is 454 g/mol. The molecule has 0 unspecified atom stereocenters. The molecule has 6 N–H and O–H groups in total. The minimum atomic E-state index is -0.616. The Hall–Kier alpha value is -5.04. The van der Waals surface area contributed by atoms with Crippen molar-refractivity contribution in [2.24, 2.45) is 5.73 Å². The first-order valence-corrected chi connectivity index (χ1v) is 10.1. The molecule has 34 heavy (non-hydrogen) atoms. The number of aromatic nitrogens is 2. The third kappa shape index (κ3) is 5.23. The van der Waals surface area contributed by atoms with Crippen molar-refractivity contribution in [1.82, 2.24) is 9.97 Å². The topological polar surface area (TPSA) is 175 Å². The predicted molar refractivity (Wildman–Crippen MR) is 129 cm³/mol. The summed E-state index contributed by atoms with van der Waals surface area (Å²) in [4.78, 5) is 33.8. The smallest absolute Gasteiger partial charge is 0.268 e. The van der Waals surface area contributed by atoms with Gasteiger partial charge in [-0.05, 0) is 24.3 Å². The molecule has 3 rings (SSSR count). The fourth-order valence-electron chi connectivity index (χ4n) is 3.20. The summed E-state index contributed by atoms with van der Waals surface area (Å²) in [6.45, 7) is 3.91. The van der Waals surface area contributed by atoms with Crippen LogP contribution in [0.1, 0.15) is 21.5 Å². The van der Waals surface area contributed by atoms with Crippen LogP contribution in [0.2, 0.25) is 0 Å². The fraction of sp³-hybridized carbons (Fsp3) is 0.0833. The Morgan fingerprint density at radius 2 is 1.82 bits per heavy atom. The first-order chi connectivity index (χ1) is 16.3. The predicted octanol–water partition coefficient (Wildman–Crippen LogP) is 2.10. The molecule has 0 aliphatic carbocycles. The molecule has 0 atom stereocenters. The van der Waals surface area contributed by atoms with Crippen molar-refractivity contribution in [3.63, 3.8) is 0 Å². The molecule has 0 fully saturated rings. The van der Waals surface area contributed by atoms with Crippen LogP contribution < -0.4 is 21.7 Å². The quantitative estimate of drug-likeness (QED) is 0.217. The molecule has 2 amide bonds. The molecular formula is C24H22N8O2. The number of carbonyl (C=O) groups excluding carboxylic acids is 2. The highest BCUT2D eigenvalue weighted by atomic mass is 16.2. The highest BCUT2D eigenvalue weighted by Gasteiger charge is 2.20. The van der Waals surface area contributed by atoms with E-state index in [1.165, 1.54) is 17.3 Å². The summed E-state index contributed by atoms with van der Waals surface area (Å²) < 4.78 is 0. The van der Waals surface area contributed by atoms with Gasteiger partial charge in [-0.1, -0.05) is 36.9 Å². The Morgan fingerprint density at radius 3 is 2.50 bits per heavy atom. The number of rotatable bonds is 9. The lowest BCUT2D eigenvalue weighted by Gasteiger charge is -2.23. The fourth-order valence-corrected chi connectivity index (χ4v) is 3.20. The van der Waals surface area contributed by atoms with Crippen LogP contribution in [0.5, 0.6) is 0 Å². The summed E-state index contributed by atoms with van der Waals surface area (Å²) in [5, 5.41) is 20.8. The molecule has 0 saturated heterocycles. The first-order valence-electron chi connectivity index (χ1n) is 10.1. The van der Waals surface area contributed by atoms with Crippen molar-refractivity contribution < 1.29 is 9.59 Å². The van der Waals surface area contributed by atoms with E-state index in [1.807, 2.05) is 6.07 Å². The second kappa shape index (κ2) is 10.5. The number of nitriles is 1. The number of nitrogens with one attached hydrogen (secondary N) is 2. The Bertz CT molecular complexity index is 1300. The van der Waals surface area contributed by atoms with Gasteiger partial charge in [0.05, 0.1) is 11.3 Å². The molecule has 1 aromatic heterocycles. The molecule has 0 bridgehead atoms. The Kier molecular flexibility index (Phi) is 7.31. The van der Waals surface area contributed by atoms with Gasteiger partial charge < -0.3 is 21.7 Å². The van der Waals surface area contributed by atoms with Crippen LogP contribution in [0.15, 0.2) is 73.1 Å². The Morgan fingerprint density at radius 1 is 1.12 bits per heavy atom. The summed E-state index contributed by atoms with van der Waals surface area (Å²) in [6.07, 6.45) is 1.26. The van der Waals surface area contributed by atoms with Crippen LogP contribution in [0.3, 0.4) is 0 Å². The van der Waals surface area contributed by atoms with Gasteiger partial charge in [-0.2, -0.15) is 5.26 Å². The third-order valence-corrected chi connectivity index (χ3v) is 4.90. The molecule has 0 spiro atoms. The van der Waals surface area contributed by atoms with Crippen LogP contribution >= 0.6 is 0 Å². The Labute approximate surface area is 196 Å². The second-order valence-corrected chi connectivity index (χ2v) is 7.11. The van der Waals surface area contributed by atoms with Crippen LogP contribution in [0.4, 0.5) is 17.3 Å². The molecule has 10 heteroatoms. The number of hydrogen-bond acceptors (Lipinski definition) is 8. The van der Waals surface area contributed by atoms with Crippen LogP contribution in [-0.2, 0) is 4.79 Å². The number of para-hydroxylation sites is 1. The van der Waals surface area contributed by atoms with Gasteiger partial charge in [0.2, 0.25) is 5.91 Å². The number of nitrogens with zero attached hydrogens (tertiary/aromatic N) is 4. The molecular weight excluding hydrogens is 432 g/mol. The van der Waals surface area contributed by atoms with Crippen LogP contribution in [0, 0.1) is 16.7 Å². The summed E-state index contributed by atoms with van der Waals surface area (Å²) in [7, 11) is 0. The number of hydrogen-bond donors (Lipinski definition) is 4. The van der Waals surface area contributed by atoms with E-state index in [2.05, 4.69) is 21.9 Å². The first kappa shape index (κ1) is 23.6. The molecule has 0 aliphatic rings. The van der Waals surface area contributed by atoms with Crippen molar-refractivity contribution in [2.75, 3.05) is 29.0 Å². The number of primary amides is 1. The van der Waals surface area contributed by atoms with E-state index in [-0.39, 0.29) is 47.1 Å². The zero-order valence-electron chi connectivity index (χ0n) is 18.2. The molecule has 170 valence electrons. The lowest BCUT2D eigenvalue weighted by Crippen LogP contribution is -2.36. The zero-order chi connectivity index (χ0) is 24.7. The van der Waals surface area contributed by atoms with Gasteiger partial charge in [0.15, 0.2) is 0 Å². The molecule has 3 aromatic rings. The van der Waals surface area contributed by atoms with Crippen molar-refractivity contribution in [3.8, 4) is 6.07 Å². The maximum Gasteiger partial charge on any atom is 0.268 e.